The summed E-state index contributed by atoms with van der Waals surface area (Å²) >= 11 is 0. The number of para-hydroxylation sites is 2. The van der Waals surface area contributed by atoms with E-state index in [4.69, 9.17) is 4.74 Å². The van der Waals surface area contributed by atoms with E-state index in [1.807, 2.05) is 50.2 Å². The van der Waals surface area contributed by atoms with Crippen LogP contribution in [0.3, 0.4) is 0 Å². The van der Waals surface area contributed by atoms with Gasteiger partial charge in [-0.15, -0.1) is 0 Å². The van der Waals surface area contributed by atoms with Crippen LogP contribution in [-0.2, 0) is 11.3 Å². The summed E-state index contributed by atoms with van der Waals surface area (Å²) in [6.07, 6.45) is 1.54. The highest BCUT2D eigenvalue weighted by molar-refractivity contribution is 5.92. The number of piperidine rings is 1. The number of amides is 3. The van der Waals surface area contributed by atoms with Crippen molar-refractivity contribution in [1.82, 2.24) is 10.2 Å². The van der Waals surface area contributed by atoms with E-state index in [0.29, 0.717) is 31.1 Å². The third-order valence-electron chi connectivity index (χ3n) is 5.45. The Kier molecular flexibility index (Phi) is 6.42. The van der Waals surface area contributed by atoms with Crippen molar-refractivity contribution < 1.29 is 14.3 Å². The van der Waals surface area contributed by atoms with Crippen LogP contribution >= 0.6 is 0 Å². The van der Waals surface area contributed by atoms with Gasteiger partial charge in [-0.2, -0.15) is 0 Å². The van der Waals surface area contributed by atoms with E-state index in [1.165, 1.54) is 5.56 Å². The molecule has 1 aliphatic heterocycles. The fourth-order valence-electron chi connectivity index (χ4n) is 3.64. The van der Waals surface area contributed by atoms with Crippen LogP contribution in [0.2, 0.25) is 0 Å². The molecule has 1 fully saturated rings. The molecule has 29 heavy (non-hydrogen) atoms. The number of nitrogens with one attached hydrogen (secondary N) is 2. The average Bonchev–Trinajstić information content (AvgIpc) is 2.73. The highest BCUT2D eigenvalue weighted by atomic mass is 16.5. The molecule has 154 valence electrons. The Balaban J connectivity index is 1.61. The Hall–Kier alpha value is -3.02. The van der Waals surface area contributed by atoms with Gasteiger partial charge in [0, 0.05) is 19.6 Å². The summed E-state index contributed by atoms with van der Waals surface area (Å²) in [5.41, 5.74) is 2.27. The SMILES string of the molecule is COc1ccccc1NC(=O)N1CCC[C@@](C)(C(=O)NCc2ccc(C)cc2)C1. The normalized spacial score (nSPS) is 18.8. The fraction of sp³-hybridized carbons (Fsp3) is 0.391. The molecule has 0 saturated carbocycles. The molecule has 0 unspecified atom stereocenters. The van der Waals surface area contributed by atoms with Gasteiger partial charge in [0.1, 0.15) is 5.75 Å². The van der Waals surface area contributed by atoms with Gasteiger partial charge in [-0.1, -0.05) is 42.0 Å². The van der Waals surface area contributed by atoms with Gasteiger partial charge in [0.05, 0.1) is 18.2 Å². The molecule has 2 aromatic carbocycles. The number of aryl methyl sites for hydroxylation is 1. The summed E-state index contributed by atoms with van der Waals surface area (Å²) in [6, 6.07) is 15.2. The average molecular weight is 396 g/mol. The van der Waals surface area contributed by atoms with E-state index in [1.54, 1.807) is 24.1 Å². The van der Waals surface area contributed by atoms with E-state index < -0.39 is 5.41 Å². The Labute approximate surface area is 172 Å². The molecule has 0 radical (unpaired) electrons. The van der Waals surface area contributed by atoms with Crippen molar-refractivity contribution in [1.29, 1.82) is 0 Å². The van der Waals surface area contributed by atoms with Gasteiger partial charge in [0.15, 0.2) is 0 Å². The number of benzene rings is 2. The van der Waals surface area contributed by atoms with Gasteiger partial charge < -0.3 is 20.3 Å². The lowest BCUT2D eigenvalue weighted by atomic mass is 9.81. The molecule has 2 N–H and O–H groups in total. The molecule has 0 spiro atoms. The number of likely N-dealkylation sites (tertiary alicyclic amines) is 1. The first-order valence-electron chi connectivity index (χ1n) is 9.94. The minimum absolute atomic E-state index is 0.0205. The summed E-state index contributed by atoms with van der Waals surface area (Å²) in [5.74, 6) is 0.587. The predicted octanol–water partition coefficient (Wildman–Crippen LogP) is 3.95. The van der Waals surface area contributed by atoms with Crippen LogP contribution in [0.4, 0.5) is 10.5 Å². The van der Waals surface area contributed by atoms with Crippen molar-refractivity contribution in [3.63, 3.8) is 0 Å². The van der Waals surface area contributed by atoms with Crippen LogP contribution in [0, 0.1) is 12.3 Å². The maximum atomic E-state index is 12.9. The first kappa shape index (κ1) is 20.7. The number of methoxy groups -OCH3 is 1. The number of carbonyl (C=O) groups excluding carboxylic acids is 2. The van der Waals surface area contributed by atoms with E-state index in [2.05, 4.69) is 10.6 Å². The van der Waals surface area contributed by atoms with Crippen LogP contribution in [0.15, 0.2) is 48.5 Å². The Bertz CT molecular complexity index is 866. The topological polar surface area (TPSA) is 70.7 Å². The van der Waals surface area contributed by atoms with Crippen molar-refractivity contribution >= 4 is 17.6 Å². The number of hydrogen-bond donors (Lipinski definition) is 2. The summed E-state index contributed by atoms with van der Waals surface area (Å²) < 4.78 is 5.30. The molecule has 6 heteroatoms. The summed E-state index contributed by atoms with van der Waals surface area (Å²) in [5, 5.41) is 5.94. The smallest absolute Gasteiger partial charge is 0.321 e. The fourth-order valence-corrected chi connectivity index (χ4v) is 3.64. The minimum atomic E-state index is -0.610. The highest BCUT2D eigenvalue weighted by Crippen LogP contribution is 2.31. The van der Waals surface area contributed by atoms with Crippen molar-refractivity contribution in [2.75, 3.05) is 25.5 Å². The maximum absolute atomic E-state index is 12.9. The molecular formula is C23H29N3O3. The van der Waals surface area contributed by atoms with E-state index in [-0.39, 0.29) is 11.9 Å². The predicted molar refractivity (Wildman–Crippen MR) is 114 cm³/mol. The van der Waals surface area contributed by atoms with Crippen molar-refractivity contribution in [2.24, 2.45) is 5.41 Å². The second kappa shape index (κ2) is 8.99. The first-order chi connectivity index (χ1) is 13.9. The monoisotopic (exact) mass is 395 g/mol. The molecule has 6 nitrogen and oxygen atoms in total. The molecular weight excluding hydrogens is 366 g/mol. The van der Waals surface area contributed by atoms with Gasteiger partial charge in [0.25, 0.3) is 0 Å². The largest absolute Gasteiger partial charge is 0.495 e. The summed E-state index contributed by atoms with van der Waals surface area (Å²) in [4.78, 5) is 27.4. The molecule has 3 rings (SSSR count). The standard InChI is InChI=1S/C23H29N3O3/c1-17-9-11-18(12-10-17)15-24-21(27)23(2)13-6-14-26(16-23)22(28)25-19-7-4-5-8-20(19)29-3/h4-5,7-12H,6,13-16H2,1-3H3,(H,24,27)(H,25,28)/t23-/m1/s1. The number of rotatable bonds is 5. The van der Waals surface area contributed by atoms with Gasteiger partial charge in [-0.05, 0) is 44.4 Å². The number of hydrogen-bond acceptors (Lipinski definition) is 3. The molecule has 1 saturated heterocycles. The quantitative estimate of drug-likeness (QED) is 0.805. The minimum Gasteiger partial charge on any atom is -0.495 e. The Morgan fingerprint density at radius 3 is 2.59 bits per heavy atom. The van der Waals surface area contributed by atoms with Crippen LogP contribution in [0.25, 0.3) is 0 Å². The number of anilines is 1. The summed E-state index contributed by atoms with van der Waals surface area (Å²) in [7, 11) is 1.57. The Morgan fingerprint density at radius 1 is 1.14 bits per heavy atom. The van der Waals surface area contributed by atoms with Crippen LogP contribution in [-0.4, -0.2) is 37.0 Å². The zero-order valence-electron chi connectivity index (χ0n) is 17.3. The molecule has 3 amide bonds. The van der Waals surface area contributed by atoms with Crippen molar-refractivity contribution in [3.05, 3.63) is 59.7 Å². The molecule has 1 atom stereocenters. The number of nitrogens with zero attached hydrogens (tertiary/aromatic N) is 1. The van der Waals surface area contributed by atoms with Gasteiger partial charge in [0.2, 0.25) is 5.91 Å². The van der Waals surface area contributed by atoms with Crippen LogP contribution < -0.4 is 15.4 Å². The number of carbonyl (C=O) groups is 2. The lowest BCUT2D eigenvalue weighted by Crippen LogP contribution is -2.52. The van der Waals surface area contributed by atoms with Crippen molar-refractivity contribution in [2.45, 2.75) is 33.2 Å². The Morgan fingerprint density at radius 2 is 1.86 bits per heavy atom. The zero-order chi connectivity index (χ0) is 20.9. The van der Waals surface area contributed by atoms with Crippen molar-refractivity contribution in [3.8, 4) is 5.75 Å². The summed E-state index contributed by atoms with van der Waals surface area (Å²) in [6.45, 7) is 5.47. The van der Waals surface area contributed by atoms with Gasteiger partial charge >= 0.3 is 6.03 Å². The lowest BCUT2D eigenvalue weighted by molar-refractivity contribution is -0.132. The van der Waals surface area contributed by atoms with Crippen LogP contribution in [0.5, 0.6) is 5.75 Å². The van der Waals surface area contributed by atoms with E-state index in [9.17, 15) is 9.59 Å². The molecule has 0 bridgehead atoms. The molecule has 1 aliphatic rings. The van der Waals surface area contributed by atoms with Gasteiger partial charge in [-0.3, -0.25) is 4.79 Å². The third-order valence-corrected chi connectivity index (χ3v) is 5.45. The van der Waals surface area contributed by atoms with E-state index in [0.717, 1.165) is 18.4 Å². The molecule has 0 aromatic heterocycles. The first-order valence-corrected chi connectivity index (χ1v) is 9.94. The maximum Gasteiger partial charge on any atom is 0.321 e. The molecule has 1 heterocycles. The lowest BCUT2D eigenvalue weighted by Gasteiger charge is -2.39. The third kappa shape index (κ3) is 5.08. The second-order valence-corrected chi connectivity index (χ2v) is 7.88. The van der Waals surface area contributed by atoms with E-state index >= 15 is 0 Å². The number of ether oxygens (including phenoxy) is 1. The van der Waals surface area contributed by atoms with Crippen LogP contribution in [0.1, 0.15) is 30.9 Å². The highest BCUT2D eigenvalue weighted by Gasteiger charge is 2.39. The zero-order valence-corrected chi connectivity index (χ0v) is 17.3. The second-order valence-electron chi connectivity index (χ2n) is 7.88. The van der Waals surface area contributed by atoms with Gasteiger partial charge in [-0.25, -0.2) is 4.79 Å². The molecule has 0 aliphatic carbocycles. The number of urea groups is 1. The molecule has 2 aromatic rings.